The zero-order valence-electron chi connectivity index (χ0n) is 12.3. The van der Waals surface area contributed by atoms with Crippen molar-refractivity contribution >= 4 is 10.0 Å². The summed E-state index contributed by atoms with van der Waals surface area (Å²) in [6, 6.07) is 0. The molecule has 0 saturated carbocycles. The molecule has 0 aliphatic rings. The van der Waals surface area contributed by atoms with Gasteiger partial charge in [0.05, 0.1) is 11.4 Å². The Balaban J connectivity index is 3.02. The highest BCUT2D eigenvalue weighted by Crippen LogP contribution is 2.19. The minimum absolute atomic E-state index is 0.256. The third kappa shape index (κ3) is 4.59. The number of aromatic amines is 1. The van der Waals surface area contributed by atoms with Gasteiger partial charge in [0.25, 0.3) is 0 Å². The van der Waals surface area contributed by atoms with Crippen LogP contribution in [0.15, 0.2) is 4.90 Å². The van der Waals surface area contributed by atoms with Gasteiger partial charge in [0.15, 0.2) is 0 Å². The average Bonchev–Trinajstić information content (AvgIpc) is 2.57. The van der Waals surface area contributed by atoms with Crippen LogP contribution < -0.4 is 10.0 Å². The Morgan fingerprint density at radius 3 is 2.47 bits per heavy atom. The number of H-pyrrole nitrogens is 1. The van der Waals surface area contributed by atoms with Crippen LogP contribution in [0.1, 0.15) is 45.5 Å². The minimum atomic E-state index is -3.56. The number of hydrogen-bond acceptors (Lipinski definition) is 4. The van der Waals surface area contributed by atoms with Crippen LogP contribution in [0, 0.1) is 6.92 Å². The van der Waals surface area contributed by atoms with E-state index in [2.05, 4.69) is 27.2 Å². The normalized spacial score (nSPS) is 12.9. The van der Waals surface area contributed by atoms with E-state index < -0.39 is 15.6 Å². The van der Waals surface area contributed by atoms with Crippen molar-refractivity contribution in [3.8, 4) is 0 Å². The van der Waals surface area contributed by atoms with Crippen molar-refractivity contribution in [2.75, 3.05) is 6.54 Å². The van der Waals surface area contributed by atoms with Gasteiger partial charge in [-0.2, -0.15) is 5.10 Å². The van der Waals surface area contributed by atoms with Crippen molar-refractivity contribution in [3.63, 3.8) is 0 Å². The van der Waals surface area contributed by atoms with Crippen LogP contribution in [0.2, 0.25) is 0 Å². The van der Waals surface area contributed by atoms with Crippen molar-refractivity contribution in [3.05, 3.63) is 11.4 Å². The molecule has 0 fully saturated rings. The molecule has 3 N–H and O–H groups in total. The molecule has 0 unspecified atom stereocenters. The molecule has 0 saturated heterocycles. The molecule has 0 aliphatic heterocycles. The van der Waals surface area contributed by atoms with Gasteiger partial charge in [-0.1, -0.05) is 6.92 Å². The van der Waals surface area contributed by atoms with E-state index >= 15 is 0 Å². The predicted molar refractivity (Wildman–Crippen MR) is 75.4 cm³/mol. The molecule has 1 aromatic heterocycles. The molecule has 1 heterocycles. The zero-order valence-corrected chi connectivity index (χ0v) is 13.1. The summed E-state index contributed by atoms with van der Waals surface area (Å²) >= 11 is 0. The fraction of sp³-hybridized carbons (Fsp3) is 0.750. The zero-order chi connectivity index (χ0) is 14.7. The Hall–Kier alpha value is -0.920. The minimum Gasteiger partial charge on any atom is -0.311 e. The lowest BCUT2D eigenvalue weighted by Crippen LogP contribution is -2.41. The maximum absolute atomic E-state index is 12.4. The van der Waals surface area contributed by atoms with Gasteiger partial charge in [-0.05, 0) is 40.7 Å². The summed E-state index contributed by atoms with van der Waals surface area (Å²) in [5.74, 6) is 0. The van der Waals surface area contributed by atoms with Crippen molar-refractivity contribution in [1.82, 2.24) is 20.2 Å². The molecule has 1 aromatic rings. The molecule has 0 aromatic carbocycles. The molecule has 1 rings (SSSR count). The van der Waals surface area contributed by atoms with Gasteiger partial charge in [-0.15, -0.1) is 0 Å². The molecular weight excluding hydrogens is 264 g/mol. The first-order valence-corrected chi connectivity index (χ1v) is 7.94. The summed E-state index contributed by atoms with van der Waals surface area (Å²) in [5.41, 5.74) is 0.573. The largest absolute Gasteiger partial charge is 0.311 e. The predicted octanol–water partition coefficient (Wildman–Crippen LogP) is 1.29. The topological polar surface area (TPSA) is 86.9 Å². The summed E-state index contributed by atoms with van der Waals surface area (Å²) in [5, 5.41) is 9.99. The Morgan fingerprint density at radius 1 is 1.32 bits per heavy atom. The fourth-order valence-electron chi connectivity index (χ4n) is 1.78. The third-order valence-corrected chi connectivity index (χ3v) is 4.35. The maximum atomic E-state index is 12.4. The van der Waals surface area contributed by atoms with Crippen LogP contribution in [-0.2, 0) is 16.6 Å². The number of aromatic nitrogens is 2. The number of sulfonamides is 1. The molecule has 19 heavy (non-hydrogen) atoms. The van der Waals surface area contributed by atoms with E-state index in [1.807, 2.05) is 20.8 Å². The molecule has 6 nitrogen and oxygen atoms in total. The van der Waals surface area contributed by atoms with E-state index in [0.717, 1.165) is 13.0 Å². The maximum Gasteiger partial charge on any atom is 0.244 e. The molecule has 0 radical (unpaired) electrons. The first-order chi connectivity index (χ1) is 8.67. The number of nitrogens with zero attached hydrogens (tertiary/aromatic N) is 1. The van der Waals surface area contributed by atoms with Crippen molar-refractivity contribution in [2.24, 2.45) is 0 Å². The number of hydrogen-bond donors (Lipinski definition) is 3. The number of aryl methyl sites for hydroxylation is 1. The Bertz CT molecular complexity index is 514. The number of rotatable bonds is 6. The molecule has 110 valence electrons. The summed E-state index contributed by atoms with van der Waals surface area (Å²) in [6.07, 6.45) is 0.992. The van der Waals surface area contributed by atoms with Crippen LogP contribution in [0.5, 0.6) is 0 Å². The highest BCUT2D eigenvalue weighted by Gasteiger charge is 2.28. The van der Waals surface area contributed by atoms with Gasteiger partial charge < -0.3 is 5.32 Å². The first kappa shape index (κ1) is 16.1. The molecule has 0 spiro atoms. The molecule has 0 aliphatic carbocycles. The van der Waals surface area contributed by atoms with Gasteiger partial charge in [-0.25, -0.2) is 13.1 Å². The lowest BCUT2D eigenvalue weighted by molar-refractivity contribution is 0.490. The molecule has 7 heteroatoms. The van der Waals surface area contributed by atoms with Crippen LogP contribution in [0.4, 0.5) is 0 Å². The van der Waals surface area contributed by atoms with E-state index in [9.17, 15) is 8.42 Å². The van der Waals surface area contributed by atoms with E-state index in [1.54, 1.807) is 6.92 Å². The van der Waals surface area contributed by atoms with E-state index in [1.165, 1.54) is 0 Å². The standard InChI is InChI=1S/C12H24N4O2S/c1-6-7-13-8-10-11(9(2)14-15-10)19(17,18)16-12(3,4)5/h13,16H,6-8H2,1-5H3,(H,14,15). The number of nitrogens with one attached hydrogen (secondary N) is 3. The lowest BCUT2D eigenvalue weighted by Gasteiger charge is -2.20. The smallest absolute Gasteiger partial charge is 0.244 e. The second-order valence-corrected chi connectivity index (χ2v) is 7.28. The summed E-state index contributed by atoms with van der Waals surface area (Å²) < 4.78 is 27.4. The van der Waals surface area contributed by atoms with Crippen LogP contribution in [0.25, 0.3) is 0 Å². The summed E-state index contributed by atoms with van der Waals surface area (Å²) in [6.45, 7) is 10.5. The summed E-state index contributed by atoms with van der Waals surface area (Å²) in [7, 11) is -3.56. The van der Waals surface area contributed by atoms with Gasteiger partial charge in [-0.3, -0.25) is 5.10 Å². The quantitative estimate of drug-likeness (QED) is 0.689. The van der Waals surface area contributed by atoms with Crippen molar-refractivity contribution in [1.29, 1.82) is 0 Å². The van der Waals surface area contributed by atoms with E-state index in [0.29, 0.717) is 17.9 Å². The second kappa shape index (κ2) is 6.02. The van der Waals surface area contributed by atoms with Gasteiger partial charge in [0, 0.05) is 12.1 Å². The lowest BCUT2D eigenvalue weighted by atomic mass is 10.1. The van der Waals surface area contributed by atoms with E-state index in [-0.39, 0.29) is 4.90 Å². The SMILES string of the molecule is CCCNCc1n[nH]c(C)c1S(=O)(=O)NC(C)(C)C. The van der Waals surface area contributed by atoms with Crippen LogP contribution in [0.3, 0.4) is 0 Å². The fourth-order valence-corrected chi connectivity index (χ4v) is 3.57. The summed E-state index contributed by atoms with van der Waals surface area (Å²) in [4.78, 5) is 0.256. The molecule has 0 atom stereocenters. The van der Waals surface area contributed by atoms with Gasteiger partial charge in [0.1, 0.15) is 4.90 Å². The monoisotopic (exact) mass is 288 g/mol. The molecule has 0 amide bonds. The first-order valence-electron chi connectivity index (χ1n) is 6.46. The Kier molecular flexibility index (Phi) is 5.11. The van der Waals surface area contributed by atoms with Crippen LogP contribution >= 0.6 is 0 Å². The average molecular weight is 288 g/mol. The van der Waals surface area contributed by atoms with Gasteiger partial charge in [0.2, 0.25) is 10.0 Å². The Labute approximate surface area is 115 Å². The highest BCUT2D eigenvalue weighted by molar-refractivity contribution is 7.89. The van der Waals surface area contributed by atoms with Crippen LogP contribution in [-0.4, -0.2) is 30.7 Å². The van der Waals surface area contributed by atoms with Gasteiger partial charge >= 0.3 is 0 Å². The highest BCUT2D eigenvalue weighted by atomic mass is 32.2. The van der Waals surface area contributed by atoms with Crippen molar-refractivity contribution in [2.45, 2.75) is 58.0 Å². The van der Waals surface area contributed by atoms with E-state index in [4.69, 9.17) is 0 Å². The second-order valence-electron chi connectivity index (χ2n) is 5.66. The Morgan fingerprint density at radius 2 is 1.95 bits per heavy atom. The molecule has 0 bridgehead atoms. The third-order valence-electron chi connectivity index (χ3n) is 2.39. The molecular formula is C12H24N4O2S. The van der Waals surface area contributed by atoms with Crippen molar-refractivity contribution < 1.29 is 8.42 Å².